The van der Waals surface area contributed by atoms with Crippen molar-refractivity contribution in [2.45, 2.75) is 12.1 Å². The molecule has 130 valence electrons. The summed E-state index contributed by atoms with van der Waals surface area (Å²) in [6, 6.07) is 10.2. The molecular weight excluding hydrogens is 330 g/mol. The molecular formula is C18H16F2N2O3. The summed E-state index contributed by atoms with van der Waals surface area (Å²) < 4.78 is 32.0. The monoisotopic (exact) mass is 346 g/mol. The van der Waals surface area contributed by atoms with E-state index in [0.717, 1.165) is 0 Å². The van der Waals surface area contributed by atoms with Gasteiger partial charge in [-0.2, -0.15) is 0 Å². The summed E-state index contributed by atoms with van der Waals surface area (Å²) in [5.41, 5.74) is 0.849. The summed E-state index contributed by atoms with van der Waals surface area (Å²) in [5, 5.41) is 2.63. The van der Waals surface area contributed by atoms with E-state index in [1.54, 1.807) is 13.1 Å². The molecule has 7 heteroatoms. The SMILES string of the molecule is CN1C(=O)CO[C@H](C(=O)Nc2ccc(F)cc2)[C@@H]1c1cccc(F)c1. The third kappa shape index (κ3) is 3.66. The fourth-order valence-electron chi connectivity index (χ4n) is 2.77. The maximum absolute atomic E-state index is 13.6. The molecule has 0 spiro atoms. The van der Waals surface area contributed by atoms with Crippen LogP contribution in [0.15, 0.2) is 48.5 Å². The van der Waals surface area contributed by atoms with E-state index in [2.05, 4.69) is 5.32 Å². The van der Waals surface area contributed by atoms with Gasteiger partial charge < -0.3 is 15.0 Å². The van der Waals surface area contributed by atoms with E-state index in [1.165, 1.54) is 47.4 Å². The minimum absolute atomic E-state index is 0.246. The number of nitrogens with zero attached hydrogens (tertiary/aromatic N) is 1. The molecule has 25 heavy (non-hydrogen) atoms. The van der Waals surface area contributed by atoms with Crippen LogP contribution in [0.4, 0.5) is 14.5 Å². The van der Waals surface area contributed by atoms with Gasteiger partial charge >= 0.3 is 0 Å². The van der Waals surface area contributed by atoms with Crippen molar-refractivity contribution in [1.29, 1.82) is 0 Å². The highest BCUT2D eigenvalue weighted by molar-refractivity contribution is 5.96. The van der Waals surface area contributed by atoms with Crippen LogP contribution in [-0.4, -0.2) is 36.5 Å². The standard InChI is InChI=1S/C18H16F2N2O3/c1-22-15(23)10-25-17(16(22)11-3-2-4-13(20)9-11)18(24)21-14-7-5-12(19)6-8-14/h2-9,16-17H,10H2,1H3,(H,21,24)/t16-,17-/m0/s1. The van der Waals surface area contributed by atoms with Crippen molar-refractivity contribution in [1.82, 2.24) is 4.90 Å². The molecule has 0 radical (unpaired) electrons. The van der Waals surface area contributed by atoms with Crippen LogP contribution in [0.1, 0.15) is 11.6 Å². The van der Waals surface area contributed by atoms with E-state index < -0.39 is 29.7 Å². The van der Waals surface area contributed by atoms with Crippen molar-refractivity contribution < 1.29 is 23.1 Å². The van der Waals surface area contributed by atoms with Gasteiger partial charge in [0.05, 0.1) is 6.04 Å². The molecule has 0 aromatic heterocycles. The van der Waals surface area contributed by atoms with Gasteiger partial charge in [0.2, 0.25) is 5.91 Å². The maximum atomic E-state index is 13.6. The lowest BCUT2D eigenvalue weighted by atomic mass is 9.97. The topological polar surface area (TPSA) is 58.6 Å². The van der Waals surface area contributed by atoms with Crippen LogP contribution < -0.4 is 5.32 Å². The molecule has 2 amide bonds. The molecule has 1 fully saturated rings. The van der Waals surface area contributed by atoms with Crippen molar-refractivity contribution in [2.75, 3.05) is 19.0 Å². The molecule has 0 bridgehead atoms. The fraction of sp³-hybridized carbons (Fsp3) is 0.222. The smallest absolute Gasteiger partial charge is 0.256 e. The van der Waals surface area contributed by atoms with Crippen molar-refractivity contribution >= 4 is 17.5 Å². The second-order valence-electron chi connectivity index (χ2n) is 5.73. The van der Waals surface area contributed by atoms with Crippen molar-refractivity contribution in [2.24, 2.45) is 0 Å². The first-order valence-electron chi connectivity index (χ1n) is 7.65. The molecule has 1 saturated heterocycles. The average Bonchev–Trinajstić information content (AvgIpc) is 2.59. The van der Waals surface area contributed by atoms with Gasteiger partial charge in [-0.15, -0.1) is 0 Å². The number of carbonyl (C=O) groups is 2. The Morgan fingerprint density at radius 3 is 2.56 bits per heavy atom. The molecule has 1 aliphatic heterocycles. The Hall–Kier alpha value is -2.80. The van der Waals surface area contributed by atoms with E-state index in [9.17, 15) is 18.4 Å². The van der Waals surface area contributed by atoms with Crippen LogP contribution in [0.25, 0.3) is 0 Å². The lowest BCUT2D eigenvalue weighted by molar-refractivity contribution is -0.160. The summed E-state index contributed by atoms with van der Waals surface area (Å²) in [7, 11) is 1.54. The summed E-state index contributed by atoms with van der Waals surface area (Å²) in [6.45, 7) is -0.246. The maximum Gasteiger partial charge on any atom is 0.256 e. The number of morpholine rings is 1. The number of likely N-dealkylation sites (N-methyl/N-ethyl adjacent to an activating group) is 1. The number of hydrogen-bond donors (Lipinski definition) is 1. The summed E-state index contributed by atoms with van der Waals surface area (Å²) >= 11 is 0. The summed E-state index contributed by atoms with van der Waals surface area (Å²) in [5.74, 6) is -1.70. The van der Waals surface area contributed by atoms with Gasteiger partial charge in [-0.05, 0) is 42.0 Å². The first-order chi connectivity index (χ1) is 12.0. The molecule has 2 atom stereocenters. The van der Waals surface area contributed by atoms with Gasteiger partial charge in [-0.1, -0.05) is 12.1 Å². The van der Waals surface area contributed by atoms with Gasteiger partial charge in [0.15, 0.2) is 6.10 Å². The van der Waals surface area contributed by atoms with E-state index >= 15 is 0 Å². The molecule has 1 N–H and O–H groups in total. The molecule has 2 aromatic carbocycles. The molecule has 5 nitrogen and oxygen atoms in total. The number of amides is 2. The minimum atomic E-state index is -1.02. The highest BCUT2D eigenvalue weighted by atomic mass is 19.1. The Balaban J connectivity index is 1.87. The quantitative estimate of drug-likeness (QED) is 0.929. The Morgan fingerprint density at radius 1 is 1.16 bits per heavy atom. The molecule has 0 aliphatic carbocycles. The van der Waals surface area contributed by atoms with Crippen LogP contribution in [0.5, 0.6) is 0 Å². The molecule has 2 aromatic rings. The average molecular weight is 346 g/mol. The number of carbonyl (C=O) groups excluding carboxylic acids is 2. The first kappa shape index (κ1) is 17.0. The Labute approximate surface area is 143 Å². The van der Waals surface area contributed by atoms with E-state index in [0.29, 0.717) is 11.3 Å². The second kappa shape index (κ2) is 6.98. The lowest BCUT2D eigenvalue weighted by Crippen LogP contribution is -2.51. The van der Waals surface area contributed by atoms with Crippen molar-refractivity contribution in [3.05, 3.63) is 65.7 Å². The highest BCUT2D eigenvalue weighted by Gasteiger charge is 2.40. The number of rotatable bonds is 3. The predicted octanol–water partition coefficient (Wildman–Crippen LogP) is 2.50. The van der Waals surface area contributed by atoms with E-state index in [-0.39, 0.29) is 12.5 Å². The zero-order chi connectivity index (χ0) is 18.0. The number of anilines is 1. The lowest BCUT2D eigenvalue weighted by Gasteiger charge is -2.38. The fourth-order valence-corrected chi connectivity index (χ4v) is 2.77. The van der Waals surface area contributed by atoms with Crippen LogP contribution in [-0.2, 0) is 14.3 Å². The Bertz CT molecular complexity index is 795. The van der Waals surface area contributed by atoms with Crippen molar-refractivity contribution in [3.63, 3.8) is 0 Å². The van der Waals surface area contributed by atoms with Crippen LogP contribution >= 0.6 is 0 Å². The Kier molecular flexibility index (Phi) is 4.76. The van der Waals surface area contributed by atoms with Gasteiger partial charge in [-0.3, -0.25) is 9.59 Å². The Morgan fingerprint density at radius 2 is 1.88 bits per heavy atom. The molecule has 1 heterocycles. The van der Waals surface area contributed by atoms with Crippen LogP contribution in [0.2, 0.25) is 0 Å². The van der Waals surface area contributed by atoms with Gasteiger partial charge in [0.1, 0.15) is 18.2 Å². The third-order valence-electron chi connectivity index (χ3n) is 4.04. The largest absolute Gasteiger partial charge is 0.356 e. The summed E-state index contributed by atoms with van der Waals surface area (Å²) in [4.78, 5) is 25.9. The number of nitrogens with one attached hydrogen (secondary N) is 1. The van der Waals surface area contributed by atoms with E-state index in [4.69, 9.17) is 4.74 Å². The summed E-state index contributed by atoms with van der Waals surface area (Å²) in [6.07, 6.45) is -1.02. The molecule has 1 aliphatic rings. The predicted molar refractivity (Wildman–Crippen MR) is 86.7 cm³/mol. The van der Waals surface area contributed by atoms with Crippen LogP contribution in [0.3, 0.4) is 0 Å². The number of benzene rings is 2. The van der Waals surface area contributed by atoms with E-state index in [1.807, 2.05) is 0 Å². The highest BCUT2D eigenvalue weighted by Crippen LogP contribution is 2.30. The van der Waals surface area contributed by atoms with Crippen molar-refractivity contribution in [3.8, 4) is 0 Å². The van der Waals surface area contributed by atoms with Gasteiger partial charge in [0.25, 0.3) is 5.91 Å². The zero-order valence-corrected chi connectivity index (χ0v) is 13.4. The molecule has 3 rings (SSSR count). The first-order valence-corrected chi connectivity index (χ1v) is 7.65. The third-order valence-corrected chi connectivity index (χ3v) is 4.04. The molecule has 0 saturated carbocycles. The number of halogens is 2. The molecule has 0 unspecified atom stereocenters. The number of hydrogen-bond acceptors (Lipinski definition) is 3. The zero-order valence-electron chi connectivity index (χ0n) is 13.4. The van der Waals surface area contributed by atoms with Gasteiger partial charge in [0, 0.05) is 12.7 Å². The normalized spacial score (nSPS) is 20.4. The second-order valence-corrected chi connectivity index (χ2v) is 5.73. The number of ether oxygens (including phenoxy) is 1. The minimum Gasteiger partial charge on any atom is -0.356 e. The van der Waals surface area contributed by atoms with Gasteiger partial charge in [-0.25, -0.2) is 8.78 Å². The van der Waals surface area contributed by atoms with Crippen LogP contribution in [0, 0.1) is 11.6 Å².